The number of amides is 1. The lowest BCUT2D eigenvalue weighted by Crippen LogP contribution is -2.59. The summed E-state index contributed by atoms with van der Waals surface area (Å²) in [5.74, 6) is 0.0184. The smallest absolute Gasteiger partial charge is 0.231 e. The van der Waals surface area contributed by atoms with Crippen molar-refractivity contribution in [2.75, 3.05) is 7.05 Å². The zero-order valence-electron chi connectivity index (χ0n) is 13.8. The summed E-state index contributed by atoms with van der Waals surface area (Å²) in [4.78, 5) is 17.6. The molecule has 23 heavy (non-hydrogen) atoms. The van der Waals surface area contributed by atoms with Crippen molar-refractivity contribution >= 4 is 17.6 Å². The van der Waals surface area contributed by atoms with Gasteiger partial charge in [0.2, 0.25) is 5.91 Å². The van der Waals surface area contributed by atoms with Crippen molar-refractivity contribution in [3.05, 3.63) is 60.3 Å². The molecule has 5 heteroatoms. The van der Waals surface area contributed by atoms with Gasteiger partial charge in [-0.25, -0.2) is 0 Å². The van der Waals surface area contributed by atoms with Crippen LogP contribution in [0.3, 0.4) is 0 Å². The number of hydrogen-bond donors (Lipinski definition) is 2. The number of nitrogens with zero attached hydrogens (tertiary/aromatic N) is 2. The number of allylic oxidation sites excluding steroid dienone is 1. The normalized spacial score (nSPS) is 22.4. The molecule has 1 amide bonds. The van der Waals surface area contributed by atoms with Gasteiger partial charge in [0, 0.05) is 18.8 Å². The first kappa shape index (κ1) is 16.7. The Labute approximate surface area is 136 Å². The third kappa shape index (κ3) is 3.94. The Morgan fingerprint density at radius 2 is 2.26 bits per heavy atom. The fraction of sp³-hybridized carbons (Fsp3) is 0.278. The highest BCUT2D eigenvalue weighted by molar-refractivity contribution is 6.09. The molecule has 120 valence electrons. The highest BCUT2D eigenvalue weighted by Gasteiger charge is 2.34. The summed E-state index contributed by atoms with van der Waals surface area (Å²) in [6.07, 6.45) is 5.55. The zero-order chi connectivity index (χ0) is 17.0. The predicted octanol–water partition coefficient (Wildman–Crippen LogP) is 2.63. The first-order valence-electron chi connectivity index (χ1n) is 7.43. The van der Waals surface area contributed by atoms with E-state index in [0.717, 1.165) is 16.8 Å². The van der Waals surface area contributed by atoms with Gasteiger partial charge in [0.25, 0.3) is 0 Å². The molecule has 1 heterocycles. The summed E-state index contributed by atoms with van der Waals surface area (Å²) in [5, 5.41) is 10.9. The van der Waals surface area contributed by atoms with Crippen LogP contribution in [0.2, 0.25) is 0 Å². The molecular formula is C18H22N4O. The van der Waals surface area contributed by atoms with E-state index >= 15 is 0 Å². The molecule has 5 nitrogen and oxygen atoms in total. The van der Waals surface area contributed by atoms with Gasteiger partial charge in [0.1, 0.15) is 0 Å². The standard InChI is InChI=1S/C18H22N4O/c1-5-20-15(14-8-6-7-13(2)11-14)9-10-18(3)12-16(23)22(4)17(19)21-18/h5-11H,1,12H2,2-4H3,(H2,19,21)/b10-9+,20-15+/t18-/m1/s1. The summed E-state index contributed by atoms with van der Waals surface area (Å²) in [6, 6.07) is 8.03. The summed E-state index contributed by atoms with van der Waals surface area (Å²) >= 11 is 0. The number of nitrogens with one attached hydrogen (secondary N) is 2. The minimum atomic E-state index is -0.605. The minimum Gasteiger partial charge on any atom is -0.347 e. The minimum absolute atomic E-state index is 0.0846. The third-order valence-corrected chi connectivity index (χ3v) is 3.79. The zero-order valence-corrected chi connectivity index (χ0v) is 13.8. The summed E-state index contributed by atoms with van der Waals surface area (Å²) in [7, 11) is 1.60. The maximum Gasteiger partial charge on any atom is 0.231 e. The van der Waals surface area contributed by atoms with Crippen LogP contribution in [0.5, 0.6) is 0 Å². The largest absolute Gasteiger partial charge is 0.347 e. The molecule has 1 aromatic carbocycles. The van der Waals surface area contributed by atoms with Gasteiger partial charge in [-0.3, -0.25) is 20.1 Å². The molecule has 1 fully saturated rings. The van der Waals surface area contributed by atoms with Gasteiger partial charge >= 0.3 is 0 Å². The molecule has 1 aromatic rings. The fourth-order valence-electron chi connectivity index (χ4n) is 2.44. The van der Waals surface area contributed by atoms with Gasteiger partial charge in [-0.15, -0.1) is 0 Å². The van der Waals surface area contributed by atoms with Crippen LogP contribution in [0.4, 0.5) is 0 Å². The maximum absolute atomic E-state index is 12.0. The molecule has 2 N–H and O–H groups in total. The molecule has 0 spiro atoms. The third-order valence-electron chi connectivity index (χ3n) is 3.79. The predicted molar refractivity (Wildman–Crippen MR) is 93.7 cm³/mol. The number of carbonyl (C=O) groups excluding carboxylic acids is 1. The van der Waals surface area contributed by atoms with Crippen molar-refractivity contribution in [1.82, 2.24) is 10.2 Å². The number of aliphatic imine (C=N–C) groups is 1. The lowest BCUT2D eigenvalue weighted by atomic mass is 9.93. The van der Waals surface area contributed by atoms with Crippen molar-refractivity contribution in [3.63, 3.8) is 0 Å². The van der Waals surface area contributed by atoms with E-state index in [1.54, 1.807) is 7.05 Å². The fourth-order valence-corrected chi connectivity index (χ4v) is 2.44. The van der Waals surface area contributed by atoms with E-state index in [1.807, 2.05) is 50.3 Å². The second kappa shape index (κ2) is 6.60. The van der Waals surface area contributed by atoms with E-state index in [2.05, 4.69) is 16.9 Å². The average Bonchev–Trinajstić information content (AvgIpc) is 2.49. The molecule has 0 bridgehead atoms. The molecule has 1 aliphatic rings. The van der Waals surface area contributed by atoms with Crippen LogP contribution >= 0.6 is 0 Å². The Morgan fingerprint density at radius 1 is 1.52 bits per heavy atom. The molecule has 1 saturated heterocycles. The molecule has 0 radical (unpaired) electrons. The van der Waals surface area contributed by atoms with Crippen molar-refractivity contribution < 1.29 is 4.79 Å². The van der Waals surface area contributed by atoms with E-state index in [1.165, 1.54) is 11.1 Å². The molecule has 0 saturated carbocycles. The quantitative estimate of drug-likeness (QED) is 0.839. The second-order valence-corrected chi connectivity index (χ2v) is 5.92. The Kier molecular flexibility index (Phi) is 4.79. The van der Waals surface area contributed by atoms with Crippen LogP contribution < -0.4 is 5.32 Å². The van der Waals surface area contributed by atoms with Gasteiger partial charge in [0.15, 0.2) is 5.96 Å². The maximum atomic E-state index is 12.0. The first-order valence-corrected chi connectivity index (χ1v) is 7.43. The molecule has 1 aliphatic heterocycles. The number of hydrogen-bond acceptors (Lipinski definition) is 3. The van der Waals surface area contributed by atoms with Crippen LogP contribution in [0.15, 0.2) is 54.2 Å². The number of aryl methyl sites for hydroxylation is 1. The highest BCUT2D eigenvalue weighted by atomic mass is 16.2. The molecule has 0 unspecified atom stereocenters. The van der Waals surface area contributed by atoms with E-state index in [-0.39, 0.29) is 18.3 Å². The van der Waals surface area contributed by atoms with Crippen LogP contribution in [0.25, 0.3) is 0 Å². The molecule has 0 aromatic heterocycles. The van der Waals surface area contributed by atoms with Crippen LogP contribution in [0.1, 0.15) is 24.5 Å². The van der Waals surface area contributed by atoms with Crippen LogP contribution in [0, 0.1) is 12.3 Å². The van der Waals surface area contributed by atoms with E-state index in [9.17, 15) is 4.79 Å². The number of guanidine groups is 1. The summed E-state index contributed by atoms with van der Waals surface area (Å²) in [6.45, 7) is 7.58. The number of rotatable bonds is 4. The van der Waals surface area contributed by atoms with Crippen molar-refractivity contribution in [3.8, 4) is 0 Å². The van der Waals surface area contributed by atoms with Gasteiger partial charge in [-0.2, -0.15) is 0 Å². The monoisotopic (exact) mass is 310 g/mol. The van der Waals surface area contributed by atoms with Crippen molar-refractivity contribution in [2.45, 2.75) is 25.8 Å². The van der Waals surface area contributed by atoms with Gasteiger partial charge < -0.3 is 5.32 Å². The lowest BCUT2D eigenvalue weighted by Gasteiger charge is -2.37. The lowest BCUT2D eigenvalue weighted by molar-refractivity contribution is -0.128. The average molecular weight is 310 g/mol. The Morgan fingerprint density at radius 3 is 2.87 bits per heavy atom. The van der Waals surface area contributed by atoms with E-state index < -0.39 is 5.54 Å². The number of benzene rings is 1. The second-order valence-electron chi connectivity index (χ2n) is 5.92. The van der Waals surface area contributed by atoms with Crippen molar-refractivity contribution in [2.24, 2.45) is 4.99 Å². The topological polar surface area (TPSA) is 68.5 Å². The molecule has 2 rings (SSSR count). The first-order chi connectivity index (χ1) is 10.8. The van der Waals surface area contributed by atoms with Crippen molar-refractivity contribution in [1.29, 1.82) is 5.41 Å². The Bertz CT molecular complexity index is 685. The summed E-state index contributed by atoms with van der Waals surface area (Å²) in [5.41, 5.74) is 2.30. The molecule has 1 atom stereocenters. The SMILES string of the molecule is C=C/N=C(\C=C\[C@]1(C)CC(=O)N(C)C(=N)N1)c1cccc(C)c1. The van der Waals surface area contributed by atoms with Gasteiger partial charge in [-0.05, 0) is 26.0 Å². The van der Waals surface area contributed by atoms with E-state index in [0.29, 0.717) is 0 Å². The highest BCUT2D eigenvalue weighted by Crippen LogP contribution is 2.19. The van der Waals surface area contributed by atoms with Gasteiger partial charge in [-0.1, -0.05) is 36.4 Å². The Balaban J connectivity index is 2.28. The summed E-state index contributed by atoms with van der Waals surface area (Å²) < 4.78 is 0. The van der Waals surface area contributed by atoms with Gasteiger partial charge in [0.05, 0.1) is 17.7 Å². The van der Waals surface area contributed by atoms with E-state index in [4.69, 9.17) is 5.41 Å². The Hall–Kier alpha value is -2.69. The molecule has 0 aliphatic carbocycles. The van der Waals surface area contributed by atoms with Crippen LogP contribution in [-0.4, -0.2) is 35.1 Å². The number of carbonyl (C=O) groups is 1. The molecular weight excluding hydrogens is 288 g/mol. The van der Waals surface area contributed by atoms with Crippen LogP contribution in [-0.2, 0) is 4.79 Å².